The molecule has 0 N–H and O–H groups in total. The predicted octanol–water partition coefficient (Wildman–Crippen LogP) is 2.95. The number of hydrogen-bond donors (Lipinski definition) is 0. The second kappa shape index (κ2) is 6.54. The van der Waals surface area contributed by atoms with Gasteiger partial charge in [-0.25, -0.2) is 4.98 Å². The van der Waals surface area contributed by atoms with Gasteiger partial charge in [0.15, 0.2) is 0 Å². The molecular formula is C16H22N4S. The highest BCUT2D eigenvalue weighted by molar-refractivity contribution is 7.09. The van der Waals surface area contributed by atoms with Gasteiger partial charge in [0.1, 0.15) is 5.82 Å². The molecule has 3 rings (SSSR count). The van der Waals surface area contributed by atoms with Crippen LogP contribution in [0.3, 0.4) is 0 Å². The molecule has 0 saturated carbocycles. The molecule has 2 aromatic rings. The highest BCUT2D eigenvalue weighted by Gasteiger charge is 2.22. The lowest BCUT2D eigenvalue weighted by molar-refractivity contribution is 0.212. The quantitative estimate of drug-likeness (QED) is 0.872. The highest BCUT2D eigenvalue weighted by atomic mass is 32.1. The monoisotopic (exact) mass is 302 g/mol. The average molecular weight is 302 g/mol. The van der Waals surface area contributed by atoms with E-state index in [-0.39, 0.29) is 0 Å². The van der Waals surface area contributed by atoms with Crippen LogP contribution in [0.25, 0.3) is 0 Å². The van der Waals surface area contributed by atoms with E-state index in [0.29, 0.717) is 6.04 Å². The Morgan fingerprint density at radius 1 is 1.19 bits per heavy atom. The van der Waals surface area contributed by atoms with E-state index in [0.717, 1.165) is 37.1 Å². The number of benzene rings is 1. The van der Waals surface area contributed by atoms with Gasteiger partial charge in [0, 0.05) is 43.8 Å². The van der Waals surface area contributed by atoms with Crippen LogP contribution in [-0.4, -0.2) is 39.9 Å². The van der Waals surface area contributed by atoms with Crippen molar-refractivity contribution < 1.29 is 0 Å². The molecule has 0 bridgehead atoms. The number of hydrogen-bond acceptors (Lipinski definition) is 5. The molecular weight excluding hydrogens is 280 g/mol. The van der Waals surface area contributed by atoms with Gasteiger partial charge in [-0.05, 0) is 25.8 Å². The van der Waals surface area contributed by atoms with Crippen molar-refractivity contribution >= 4 is 16.7 Å². The fourth-order valence-electron chi connectivity index (χ4n) is 2.77. The van der Waals surface area contributed by atoms with Crippen molar-refractivity contribution in [2.24, 2.45) is 0 Å². The first-order valence-electron chi connectivity index (χ1n) is 7.55. The smallest absolute Gasteiger partial charge is 0.205 e. The third-order valence-corrected chi connectivity index (χ3v) is 4.98. The van der Waals surface area contributed by atoms with Gasteiger partial charge in [-0.2, -0.15) is 4.37 Å². The summed E-state index contributed by atoms with van der Waals surface area (Å²) in [6.45, 7) is 8.51. The zero-order chi connectivity index (χ0) is 14.7. The molecule has 112 valence electrons. The fourth-order valence-corrected chi connectivity index (χ4v) is 3.49. The number of rotatable bonds is 3. The van der Waals surface area contributed by atoms with Gasteiger partial charge >= 0.3 is 0 Å². The van der Waals surface area contributed by atoms with Gasteiger partial charge < -0.3 is 4.90 Å². The minimum atomic E-state index is 0.601. The van der Waals surface area contributed by atoms with Gasteiger partial charge in [-0.15, -0.1) is 0 Å². The second-order valence-electron chi connectivity index (χ2n) is 5.70. The van der Waals surface area contributed by atoms with E-state index in [2.05, 4.69) is 56.4 Å². The maximum atomic E-state index is 4.52. The van der Waals surface area contributed by atoms with Crippen LogP contribution in [-0.2, 0) is 6.54 Å². The molecule has 0 spiro atoms. The van der Waals surface area contributed by atoms with E-state index in [9.17, 15) is 0 Å². The lowest BCUT2D eigenvalue weighted by atomic mass is 10.1. The molecule has 0 radical (unpaired) electrons. The summed E-state index contributed by atoms with van der Waals surface area (Å²) in [6, 6.07) is 11.3. The lowest BCUT2D eigenvalue weighted by Crippen LogP contribution is -2.34. The lowest BCUT2D eigenvalue weighted by Gasteiger charge is -2.26. The van der Waals surface area contributed by atoms with Crippen molar-refractivity contribution in [2.45, 2.75) is 32.9 Å². The van der Waals surface area contributed by atoms with E-state index >= 15 is 0 Å². The summed E-state index contributed by atoms with van der Waals surface area (Å²) in [5.74, 6) is 0.883. The molecule has 1 aromatic heterocycles. The van der Waals surface area contributed by atoms with Gasteiger partial charge in [-0.3, -0.25) is 4.90 Å². The largest absolute Gasteiger partial charge is 0.346 e. The minimum Gasteiger partial charge on any atom is -0.346 e. The maximum Gasteiger partial charge on any atom is 0.205 e. The Morgan fingerprint density at radius 3 is 2.71 bits per heavy atom. The van der Waals surface area contributed by atoms with Crippen molar-refractivity contribution in [3.63, 3.8) is 0 Å². The molecule has 1 fully saturated rings. The van der Waals surface area contributed by atoms with Crippen LogP contribution >= 0.6 is 11.5 Å². The summed E-state index contributed by atoms with van der Waals surface area (Å²) in [7, 11) is 0. The van der Waals surface area contributed by atoms with E-state index < -0.39 is 0 Å². The van der Waals surface area contributed by atoms with Crippen LogP contribution in [0, 0.1) is 6.92 Å². The third-order valence-electron chi connectivity index (χ3n) is 4.11. The van der Waals surface area contributed by atoms with E-state index in [4.69, 9.17) is 0 Å². The van der Waals surface area contributed by atoms with Crippen molar-refractivity contribution in [1.29, 1.82) is 0 Å². The standard InChI is InChI=1S/C16H22N4S/c1-13-8-9-19(16-17-14(2)18-21-16)10-11-20(13)12-15-6-4-3-5-7-15/h3-7,13H,8-12H2,1-2H3. The predicted molar refractivity (Wildman–Crippen MR) is 87.8 cm³/mol. The zero-order valence-corrected chi connectivity index (χ0v) is 13.5. The summed E-state index contributed by atoms with van der Waals surface area (Å²) in [5.41, 5.74) is 1.39. The molecule has 1 aromatic carbocycles. The first-order valence-corrected chi connectivity index (χ1v) is 8.33. The topological polar surface area (TPSA) is 32.3 Å². The van der Waals surface area contributed by atoms with Crippen LogP contribution in [0.2, 0.25) is 0 Å². The minimum absolute atomic E-state index is 0.601. The highest BCUT2D eigenvalue weighted by Crippen LogP contribution is 2.21. The molecule has 5 heteroatoms. The van der Waals surface area contributed by atoms with E-state index in [1.807, 2.05) is 6.92 Å². The molecule has 1 unspecified atom stereocenters. The van der Waals surface area contributed by atoms with Crippen molar-refractivity contribution in [1.82, 2.24) is 14.3 Å². The summed E-state index contributed by atoms with van der Waals surface area (Å²) in [6.07, 6.45) is 1.17. The van der Waals surface area contributed by atoms with Crippen LogP contribution in [0.1, 0.15) is 24.7 Å². The molecule has 0 aliphatic carbocycles. The molecule has 2 heterocycles. The Kier molecular flexibility index (Phi) is 4.51. The molecule has 1 aliphatic heterocycles. The van der Waals surface area contributed by atoms with Crippen LogP contribution < -0.4 is 4.90 Å². The molecule has 1 aliphatic rings. The van der Waals surface area contributed by atoms with Crippen LogP contribution in [0.4, 0.5) is 5.13 Å². The van der Waals surface area contributed by atoms with Gasteiger partial charge in [0.05, 0.1) is 0 Å². The first kappa shape index (κ1) is 14.5. The Balaban J connectivity index is 1.66. The number of anilines is 1. The fraction of sp³-hybridized carbons (Fsp3) is 0.500. The zero-order valence-electron chi connectivity index (χ0n) is 12.7. The number of aromatic nitrogens is 2. The van der Waals surface area contributed by atoms with Crippen molar-refractivity contribution in [3.05, 3.63) is 41.7 Å². The van der Waals surface area contributed by atoms with E-state index in [1.54, 1.807) is 0 Å². The molecule has 0 amide bonds. The van der Waals surface area contributed by atoms with Gasteiger partial charge in [0.25, 0.3) is 0 Å². The molecule has 4 nitrogen and oxygen atoms in total. The van der Waals surface area contributed by atoms with Crippen LogP contribution in [0.5, 0.6) is 0 Å². The first-order chi connectivity index (χ1) is 10.2. The average Bonchev–Trinajstić information content (AvgIpc) is 2.84. The van der Waals surface area contributed by atoms with Crippen molar-refractivity contribution in [2.75, 3.05) is 24.5 Å². The molecule has 1 saturated heterocycles. The van der Waals surface area contributed by atoms with Crippen LogP contribution in [0.15, 0.2) is 30.3 Å². The normalized spacial score (nSPS) is 20.5. The third kappa shape index (κ3) is 3.60. The Bertz CT molecular complexity index is 569. The molecule has 21 heavy (non-hydrogen) atoms. The van der Waals surface area contributed by atoms with Gasteiger partial charge in [0.2, 0.25) is 5.13 Å². The Labute approximate surface area is 130 Å². The second-order valence-corrected chi connectivity index (χ2v) is 6.44. The van der Waals surface area contributed by atoms with Crippen molar-refractivity contribution in [3.8, 4) is 0 Å². The summed E-state index contributed by atoms with van der Waals surface area (Å²) < 4.78 is 4.30. The summed E-state index contributed by atoms with van der Waals surface area (Å²) in [4.78, 5) is 9.48. The molecule has 1 atom stereocenters. The SMILES string of the molecule is Cc1nsc(N2CCC(C)N(Cc3ccccc3)CC2)n1. The van der Waals surface area contributed by atoms with Gasteiger partial charge in [-0.1, -0.05) is 30.3 Å². The number of nitrogens with zero attached hydrogens (tertiary/aromatic N) is 4. The summed E-state index contributed by atoms with van der Waals surface area (Å²) >= 11 is 1.52. The number of aryl methyl sites for hydroxylation is 1. The Morgan fingerprint density at radius 2 is 2.00 bits per heavy atom. The maximum absolute atomic E-state index is 4.52. The summed E-state index contributed by atoms with van der Waals surface area (Å²) in [5, 5.41) is 1.07. The van der Waals surface area contributed by atoms with E-state index in [1.165, 1.54) is 23.5 Å². The Hall–Kier alpha value is -1.46.